The summed E-state index contributed by atoms with van der Waals surface area (Å²) in [5, 5.41) is 7.33. The Morgan fingerprint density at radius 3 is 2.85 bits per heavy atom. The molecule has 2 aromatic rings. The Labute approximate surface area is 120 Å². The first kappa shape index (κ1) is 14.6. The Balaban J connectivity index is 1.92. The number of benzene rings is 1. The van der Waals surface area contributed by atoms with Crippen LogP contribution in [-0.2, 0) is 13.2 Å². The molecule has 0 aliphatic carbocycles. The van der Waals surface area contributed by atoms with Crippen molar-refractivity contribution >= 4 is 0 Å². The number of aromatic nitrogens is 1. The van der Waals surface area contributed by atoms with Gasteiger partial charge in [0.05, 0.1) is 5.69 Å². The third-order valence-corrected chi connectivity index (χ3v) is 3.22. The summed E-state index contributed by atoms with van der Waals surface area (Å²) in [7, 11) is 0. The Kier molecular flexibility index (Phi) is 4.79. The number of aryl methyl sites for hydroxylation is 1. The normalized spacial score (nSPS) is 11.1. The third-order valence-electron chi connectivity index (χ3n) is 3.22. The summed E-state index contributed by atoms with van der Waals surface area (Å²) < 4.78 is 11.1. The molecule has 0 saturated carbocycles. The van der Waals surface area contributed by atoms with Gasteiger partial charge in [0.25, 0.3) is 0 Å². The molecule has 108 valence electrons. The van der Waals surface area contributed by atoms with Crippen molar-refractivity contribution in [2.45, 2.75) is 46.9 Å². The molecule has 1 N–H and O–H groups in total. The summed E-state index contributed by atoms with van der Waals surface area (Å²) >= 11 is 0. The topological polar surface area (TPSA) is 47.3 Å². The van der Waals surface area contributed by atoms with Gasteiger partial charge < -0.3 is 14.6 Å². The second-order valence-corrected chi connectivity index (χ2v) is 5.31. The molecule has 1 aromatic carbocycles. The molecule has 0 unspecified atom stereocenters. The van der Waals surface area contributed by atoms with Crippen LogP contribution < -0.4 is 10.1 Å². The Bertz CT molecular complexity index is 561. The van der Waals surface area contributed by atoms with Crippen LogP contribution in [0.5, 0.6) is 5.75 Å². The smallest absolute Gasteiger partial charge is 0.174 e. The van der Waals surface area contributed by atoms with Gasteiger partial charge in [-0.1, -0.05) is 31.1 Å². The van der Waals surface area contributed by atoms with Crippen LogP contribution in [0.2, 0.25) is 0 Å². The van der Waals surface area contributed by atoms with E-state index in [2.05, 4.69) is 44.2 Å². The zero-order chi connectivity index (χ0) is 14.5. The van der Waals surface area contributed by atoms with Crippen molar-refractivity contribution in [3.05, 3.63) is 46.8 Å². The molecule has 20 heavy (non-hydrogen) atoms. The number of nitrogens with zero attached hydrogens (tertiary/aromatic N) is 1. The molecule has 0 spiro atoms. The van der Waals surface area contributed by atoms with Gasteiger partial charge in [0.2, 0.25) is 0 Å². The first-order valence-electron chi connectivity index (χ1n) is 6.93. The SMILES string of the molecule is Cc1cccc(OCc2cc(CNC(C)C)no2)c1C. The Hall–Kier alpha value is -1.81. The van der Waals surface area contributed by atoms with Crippen LogP contribution in [0.3, 0.4) is 0 Å². The average molecular weight is 274 g/mol. The molecule has 0 aliphatic rings. The fourth-order valence-corrected chi connectivity index (χ4v) is 1.85. The predicted octanol–water partition coefficient (Wildman–Crippen LogP) is 3.37. The first-order valence-corrected chi connectivity index (χ1v) is 6.93. The number of ether oxygens (including phenoxy) is 1. The van der Waals surface area contributed by atoms with E-state index < -0.39 is 0 Å². The lowest BCUT2D eigenvalue weighted by atomic mass is 10.1. The van der Waals surface area contributed by atoms with E-state index in [1.165, 1.54) is 5.56 Å². The minimum absolute atomic E-state index is 0.402. The second kappa shape index (κ2) is 6.57. The van der Waals surface area contributed by atoms with E-state index in [0.717, 1.165) is 22.8 Å². The van der Waals surface area contributed by atoms with Crippen LogP contribution in [0, 0.1) is 13.8 Å². The van der Waals surface area contributed by atoms with Crippen LogP contribution in [0.1, 0.15) is 36.4 Å². The molecule has 4 nitrogen and oxygen atoms in total. The highest BCUT2D eigenvalue weighted by Crippen LogP contribution is 2.21. The summed E-state index contributed by atoms with van der Waals surface area (Å²) in [5.41, 5.74) is 3.29. The van der Waals surface area contributed by atoms with Crippen LogP contribution in [0.25, 0.3) is 0 Å². The van der Waals surface area contributed by atoms with E-state index >= 15 is 0 Å². The molecule has 0 radical (unpaired) electrons. The molecule has 0 amide bonds. The van der Waals surface area contributed by atoms with Gasteiger partial charge in [-0.05, 0) is 31.0 Å². The summed E-state index contributed by atoms with van der Waals surface area (Å²) in [6.07, 6.45) is 0. The van der Waals surface area contributed by atoms with Gasteiger partial charge in [-0.25, -0.2) is 0 Å². The van der Waals surface area contributed by atoms with Crippen molar-refractivity contribution in [3.63, 3.8) is 0 Å². The van der Waals surface area contributed by atoms with Crippen LogP contribution >= 0.6 is 0 Å². The van der Waals surface area contributed by atoms with E-state index in [4.69, 9.17) is 9.26 Å². The van der Waals surface area contributed by atoms with E-state index in [9.17, 15) is 0 Å². The van der Waals surface area contributed by atoms with E-state index in [1.807, 2.05) is 18.2 Å². The maximum atomic E-state index is 5.79. The molecule has 0 aliphatic heterocycles. The van der Waals surface area contributed by atoms with Gasteiger partial charge in [-0.3, -0.25) is 0 Å². The molecule has 0 bridgehead atoms. The third kappa shape index (κ3) is 3.84. The van der Waals surface area contributed by atoms with E-state index in [0.29, 0.717) is 19.2 Å². The Morgan fingerprint density at radius 1 is 1.30 bits per heavy atom. The monoisotopic (exact) mass is 274 g/mol. The highest BCUT2D eigenvalue weighted by molar-refractivity contribution is 5.38. The van der Waals surface area contributed by atoms with Crippen molar-refractivity contribution in [3.8, 4) is 5.75 Å². The lowest BCUT2D eigenvalue weighted by molar-refractivity contribution is 0.247. The molecule has 4 heteroatoms. The molecule has 1 aromatic heterocycles. The second-order valence-electron chi connectivity index (χ2n) is 5.31. The molecule has 2 rings (SSSR count). The van der Waals surface area contributed by atoms with Crippen molar-refractivity contribution in [2.75, 3.05) is 0 Å². The van der Waals surface area contributed by atoms with E-state index in [-0.39, 0.29) is 0 Å². The fraction of sp³-hybridized carbons (Fsp3) is 0.438. The first-order chi connectivity index (χ1) is 9.56. The lowest BCUT2D eigenvalue weighted by Gasteiger charge is -2.08. The number of hydrogen-bond donors (Lipinski definition) is 1. The largest absolute Gasteiger partial charge is 0.485 e. The molecular weight excluding hydrogens is 252 g/mol. The summed E-state index contributed by atoms with van der Waals surface area (Å²) in [6, 6.07) is 8.41. The summed E-state index contributed by atoms with van der Waals surface area (Å²) in [6.45, 7) is 9.45. The minimum Gasteiger partial charge on any atom is -0.485 e. The highest BCUT2D eigenvalue weighted by Gasteiger charge is 2.07. The number of rotatable bonds is 6. The highest BCUT2D eigenvalue weighted by atomic mass is 16.5. The molecule has 0 fully saturated rings. The zero-order valence-corrected chi connectivity index (χ0v) is 12.6. The van der Waals surface area contributed by atoms with Gasteiger partial charge in [0.1, 0.15) is 12.4 Å². The predicted molar refractivity (Wildman–Crippen MR) is 78.7 cm³/mol. The Morgan fingerprint density at radius 2 is 2.10 bits per heavy atom. The molecule has 1 heterocycles. The van der Waals surface area contributed by atoms with Crippen molar-refractivity contribution < 1.29 is 9.26 Å². The number of nitrogens with one attached hydrogen (secondary N) is 1. The van der Waals surface area contributed by atoms with Gasteiger partial charge in [-0.2, -0.15) is 0 Å². The minimum atomic E-state index is 0.402. The standard InChI is InChI=1S/C16H22N2O2/c1-11(2)17-9-14-8-15(20-18-14)10-19-16-7-5-6-12(3)13(16)4/h5-8,11,17H,9-10H2,1-4H3. The molecule has 0 saturated heterocycles. The average Bonchev–Trinajstić information content (AvgIpc) is 2.86. The van der Waals surface area contributed by atoms with Gasteiger partial charge in [0, 0.05) is 18.7 Å². The van der Waals surface area contributed by atoms with Crippen molar-refractivity contribution in [1.29, 1.82) is 0 Å². The van der Waals surface area contributed by atoms with Crippen molar-refractivity contribution in [2.24, 2.45) is 0 Å². The fourth-order valence-electron chi connectivity index (χ4n) is 1.85. The number of hydrogen-bond acceptors (Lipinski definition) is 4. The maximum Gasteiger partial charge on any atom is 0.174 e. The lowest BCUT2D eigenvalue weighted by Crippen LogP contribution is -2.21. The zero-order valence-electron chi connectivity index (χ0n) is 12.6. The van der Waals surface area contributed by atoms with Gasteiger partial charge in [-0.15, -0.1) is 0 Å². The molecule has 0 atom stereocenters. The van der Waals surface area contributed by atoms with Gasteiger partial charge in [0.15, 0.2) is 5.76 Å². The van der Waals surface area contributed by atoms with Gasteiger partial charge >= 0.3 is 0 Å². The maximum absolute atomic E-state index is 5.79. The van der Waals surface area contributed by atoms with E-state index in [1.54, 1.807) is 0 Å². The van der Waals surface area contributed by atoms with Crippen LogP contribution in [0.4, 0.5) is 0 Å². The summed E-state index contributed by atoms with van der Waals surface area (Å²) in [5.74, 6) is 1.63. The molecular formula is C16H22N2O2. The summed E-state index contributed by atoms with van der Waals surface area (Å²) in [4.78, 5) is 0. The van der Waals surface area contributed by atoms with Crippen LogP contribution in [-0.4, -0.2) is 11.2 Å². The van der Waals surface area contributed by atoms with Crippen molar-refractivity contribution in [1.82, 2.24) is 10.5 Å². The van der Waals surface area contributed by atoms with Crippen LogP contribution in [0.15, 0.2) is 28.8 Å². The quantitative estimate of drug-likeness (QED) is 0.877.